The molecular weight excluding hydrogens is 230 g/mol. The molecule has 1 saturated carbocycles. The normalized spacial score (nSPS) is 16.8. The summed E-state index contributed by atoms with van der Waals surface area (Å²) in [7, 11) is 0. The van der Waals surface area contributed by atoms with Crippen LogP contribution in [0, 0.1) is 5.92 Å². The maximum absolute atomic E-state index is 3.64. The predicted octanol–water partition coefficient (Wildman–Crippen LogP) is 4.87. The van der Waals surface area contributed by atoms with Crippen molar-refractivity contribution in [2.24, 2.45) is 5.92 Å². The fraction of sp³-hybridized carbons (Fsp3) is 0.667. The standard InChI is InChI=1S/C18H29N/c1-14(2)5-4-6-15(3)19-13-16-7-9-17(10-8-16)18-11-12-18/h7-10,14-15,18-19H,4-6,11-13H2,1-3H3. The fourth-order valence-corrected chi connectivity index (χ4v) is 2.55. The molecule has 0 aromatic heterocycles. The molecule has 1 aliphatic carbocycles. The Kier molecular flexibility index (Phi) is 5.45. The Balaban J connectivity index is 1.66. The van der Waals surface area contributed by atoms with Gasteiger partial charge in [0.25, 0.3) is 0 Å². The predicted molar refractivity (Wildman–Crippen MR) is 83.4 cm³/mol. The van der Waals surface area contributed by atoms with Crippen molar-refractivity contribution in [2.75, 3.05) is 0 Å². The van der Waals surface area contributed by atoms with E-state index in [9.17, 15) is 0 Å². The van der Waals surface area contributed by atoms with E-state index in [1.54, 1.807) is 0 Å². The Morgan fingerprint density at radius 2 is 1.74 bits per heavy atom. The van der Waals surface area contributed by atoms with Gasteiger partial charge in [0, 0.05) is 12.6 Å². The molecule has 0 bridgehead atoms. The second-order valence-electron chi connectivity index (χ2n) is 6.62. The van der Waals surface area contributed by atoms with Gasteiger partial charge in [-0.15, -0.1) is 0 Å². The maximum Gasteiger partial charge on any atom is 0.0207 e. The quantitative estimate of drug-likeness (QED) is 0.702. The topological polar surface area (TPSA) is 12.0 Å². The van der Waals surface area contributed by atoms with Crippen LogP contribution < -0.4 is 5.32 Å². The van der Waals surface area contributed by atoms with Gasteiger partial charge in [0.1, 0.15) is 0 Å². The highest BCUT2D eigenvalue weighted by atomic mass is 14.9. The van der Waals surface area contributed by atoms with E-state index in [0.717, 1.165) is 18.4 Å². The molecule has 106 valence electrons. The Labute approximate surface area is 118 Å². The zero-order valence-electron chi connectivity index (χ0n) is 12.8. The highest BCUT2D eigenvalue weighted by Gasteiger charge is 2.22. The van der Waals surface area contributed by atoms with E-state index in [-0.39, 0.29) is 0 Å². The molecule has 0 heterocycles. The summed E-state index contributed by atoms with van der Waals surface area (Å²) >= 11 is 0. The summed E-state index contributed by atoms with van der Waals surface area (Å²) in [6.07, 6.45) is 6.77. The van der Waals surface area contributed by atoms with Crippen molar-refractivity contribution in [3.8, 4) is 0 Å². The Morgan fingerprint density at radius 3 is 2.32 bits per heavy atom. The first-order valence-corrected chi connectivity index (χ1v) is 7.97. The molecule has 1 fully saturated rings. The van der Waals surface area contributed by atoms with Gasteiger partial charge in [-0.3, -0.25) is 0 Å². The lowest BCUT2D eigenvalue weighted by molar-refractivity contribution is 0.457. The second kappa shape index (κ2) is 7.09. The lowest BCUT2D eigenvalue weighted by Gasteiger charge is -2.14. The molecule has 0 amide bonds. The summed E-state index contributed by atoms with van der Waals surface area (Å²) in [5, 5.41) is 3.64. The number of rotatable bonds is 8. The molecule has 1 aromatic rings. The third-order valence-corrected chi connectivity index (χ3v) is 4.10. The molecule has 0 aliphatic heterocycles. The average Bonchev–Trinajstić information content (AvgIpc) is 3.21. The van der Waals surface area contributed by atoms with E-state index in [4.69, 9.17) is 0 Å². The average molecular weight is 259 g/mol. The highest BCUT2D eigenvalue weighted by Crippen LogP contribution is 2.39. The number of hydrogen-bond acceptors (Lipinski definition) is 1. The van der Waals surface area contributed by atoms with Gasteiger partial charge in [-0.1, -0.05) is 51.0 Å². The van der Waals surface area contributed by atoms with Crippen LogP contribution in [0.1, 0.15) is 69.9 Å². The van der Waals surface area contributed by atoms with E-state index in [2.05, 4.69) is 50.4 Å². The van der Waals surface area contributed by atoms with Crippen LogP contribution in [0.5, 0.6) is 0 Å². The number of hydrogen-bond donors (Lipinski definition) is 1. The zero-order valence-corrected chi connectivity index (χ0v) is 12.8. The van der Waals surface area contributed by atoms with E-state index >= 15 is 0 Å². The molecular formula is C18H29N. The first kappa shape index (κ1) is 14.6. The molecule has 1 atom stereocenters. The summed E-state index contributed by atoms with van der Waals surface area (Å²) in [6, 6.07) is 9.85. The molecule has 0 saturated heterocycles. The van der Waals surface area contributed by atoms with Crippen LogP contribution in [0.3, 0.4) is 0 Å². The largest absolute Gasteiger partial charge is 0.310 e. The van der Waals surface area contributed by atoms with Crippen LogP contribution in [0.25, 0.3) is 0 Å². The lowest BCUT2D eigenvalue weighted by Crippen LogP contribution is -2.25. The van der Waals surface area contributed by atoms with Crippen LogP contribution in [-0.4, -0.2) is 6.04 Å². The van der Waals surface area contributed by atoms with E-state index in [1.165, 1.54) is 43.2 Å². The summed E-state index contributed by atoms with van der Waals surface area (Å²) in [5.41, 5.74) is 2.95. The molecule has 1 N–H and O–H groups in total. The molecule has 0 spiro atoms. The Hall–Kier alpha value is -0.820. The highest BCUT2D eigenvalue weighted by molar-refractivity contribution is 5.27. The van der Waals surface area contributed by atoms with Gasteiger partial charge in [0.2, 0.25) is 0 Å². The Bertz CT molecular complexity index is 362. The minimum atomic E-state index is 0.627. The lowest BCUT2D eigenvalue weighted by atomic mass is 10.0. The van der Waals surface area contributed by atoms with Crippen molar-refractivity contribution < 1.29 is 0 Å². The summed E-state index contributed by atoms with van der Waals surface area (Å²) in [6.45, 7) is 7.92. The number of nitrogens with one attached hydrogen (secondary N) is 1. The van der Waals surface area contributed by atoms with Crippen LogP contribution in [0.2, 0.25) is 0 Å². The van der Waals surface area contributed by atoms with Crippen molar-refractivity contribution in [1.29, 1.82) is 0 Å². The van der Waals surface area contributed by atoms with Gasteiger partial charge in [0.15, 0.2) is 0 Å². The van der Waals surface area contributed by atoms with Crippen molar-refractivity contribution in [2.45, 2.75) is 71.4 Å². The molecule has 2 rings (SSSR count). The molecule has 19 heavy (non-hydrogen) atoms. The minimum Gasteiger partial charge on any atom is -0.310 e. The minimum absolute atomic E-state index is 0.627. The third-order valence-electron chi connectivity index (χ3n) is 4.10. The van der Waals surface area contributed by atoms with Crippen LogP contribution in [0.4, 0.5) is 0 Å². The summed E-state index contributed by atoms with van der Waals surface area (Å²) in [5.74, 6) is 1.71. The first-order chi connectivity index (χ1) is 9.15. The van der Waals surface area contributed by atoms with Gasteiger partial charge in [-0.2, -0.15) is 0 Å². The number of benzene rings is 1. The van der Waals surface area contributed by atoms with Gasteiger partial charge >= 0.3 is 0 Å². The van der Waals surface area contributed by atoms with Crippen molar-refractivity contribution in [3.63, 3.8) is 0 Å². The summed E-state index contributed by atoms with van der Waals surface area (Å²) in [4.78, 5) is 0. The van der Waals surface area contributed by atoms with Gasteiger partial charge in [-0.25, -0.2) is 0 Å². The van der Waals surface area contributed by atoms with Crippen molar-refractivity contribution in [3.05, 3.63) is 35.4 Å². The third kappa shape index (κ3) is 5.36. The van der Waals surface area contributed by atoms with Crippen LogP contribution >= 0.6 is 0 Å². The fourth-order valence-electron chi connectivity index (χ4n) is 2.55. The molecule has 1 heteroatoms. The molecule has 1 nitrogen and oxygen atoms in total. The van der Waals surface area contributed by atoms with Gasteiger partial charge in [-0.05, 0) is 49.1 Å². The smallest absolute Gasteiger partial charge is 0.0207 e. The first-order valence-electron chi connectivity index (χ1n) is 7.97. The zero-order chi connectivity index (χ0) is 13.7. The van der Waals surface area contributed by atoms with Crippen molar-refractivity contribution >= 4 is 0 Å². The van der Waals surface area contributed by atoms with E-state index in [0.29, 0.717) is 6.04 Å². The maximum atomic E-state index is 3.64. The molecule has 1 unspecified atom stereocenters. The van der Waals surface area contributed by atoms with E-state index in [1.807, 2.05) is 0 Å². The molecule has 0 radical (unpaired) electrons. The van der Waals surface area contributed by atoms with E-state index < -0.39 is 0 Å². The molecule has 1 aromatic carbocycles. The van der Waals surface area contributed by atoms with Crippen LogP contribution in [0.15, 0.2) is 24.3 Å². The van der Waals surface area contributed by atoms with Gasteiger partial charge in [0.05, 0.1) is 0 Å². The second-order valence-corrected chi connectivity index (χ2v) is 6.62. The SMILES string of the molecule is CC(C)CCCC(C)NCc1ccc(C2CC2)cc1. The molecule has 1 aliphatic rings. The summed E-state index contributed by atoms with van der Waals surface area (Å²) < 4.78 is 0. The van der Waals surface area contributed by atoms with Gasteiger partial charge < -0.3 is 5.32 Å². The monoisotopic (exact) mass is 259 g/mol. The van der Waals surface area contributed by atoms with Crippen molar-refractivity contribution in [1.82, 2.24) is 5.32 Å². The Morgan fingerprint density at radius 1 is 1.05 bits per heavy atom. The van der Waals surface area contributed by atoms with Crippen LogP contribution in [-0.2, 0) is 6.54 Å².